The van der Waals surface area contributed by atoms with Gasteiger partial charge in [0.2, 0.25) is 0 Å². The quantitative estimate of drug-likeness (QED) is 0.779. The van der Waals surface area contributed by atoms with Crippen molar-refractivity contribution in [1.29, 1.82) is 0 Å². The van der Waals surface area contributed by atoms with Gasteiger partial charge in [-0.05, 0) is 62.8 Å². The molecule has 1 amide bonds. The van der Waals surface area contributed by atoms with E-state index in [1.807, 2.05) is 45.0 Å². The topological polar surface area (TPSA) is 38.3 Å². The first-order chi connectivity index (χ1) is 11.3. The lowest BCUT2D eigenvalue weighted by Crippen LogP contribution is -2.27. The van der Waals surface area contributed by atoms with Crippen molar-refractivity contribution in [2.45, 2.75) is 45.6 Å². The van der Waals surface area contributed by atoms with Crippen molar-refractivity contribution in [2.24, 2.45) is 0 Å². The van der Waals surface area contributed by atoms with E-state index in [1.54, 1.807) is 0 Å². The van der Waals surface area contributed by atoms with Gasteiger partial charge in [-0.1, -0.05) is 49.4 Å². The zero-order chi connectivity index (χ0) is 17.6. The third-order valence-electron chi connectivity index (χ3n) is 3.61. The molecule has 24 heavy (non-hydrogen) atoms. The summed E-state index contributed by atoms with van der Waals surface area (Å²) in [6.07, 6.45) is 2.77. The van der Waals surface area contributed by atoms with Crippen LogP contribution < -0.4 is 5.32 Å². The Bertz CT molecular complexity index is 659. The average molecular weight is 324 g/mol. The highest BCUT2D eigenvalue weighted by Crippen LogP contribution is 2.23. The summed E-state index contributed by atoms with van der Waals surface area (Å²) < 4.78 is 5.29. The van der Waals surface area contributed by atoms with Crippen LogP contribution in [0, 0.1) is 6.42 Å². The lowest BCUT2D eigenvalue weighted by atomic mass is 9.94. The van der Waals surface area contributed by atoms with Gasteiger partial charge >= 0.3 is 6.09 Å². The SMILES string of the molecule is CC([CH]Cc1ccccc1)c1cccc(NC(=O)OC(C)(C)C)c1. The molecular weight excluding hydrogens is 298 g/mol. The van der Waals surface area contributed by atoms with Crippen LogP contribution in [0.2, 0.25) is 0 Å². The number of nitrogens with one attached hydrogen (secondary N) is 1. The molecule has 0 aliphatic heterocycles. The molecule has 0 bridgehead atoms. The minimum absolute atomic E-state index is 0.297. The number of rotatable bonds is 5. The van der Waals surface area contributed by atoms with E-state index in [9.17, 15) is 4.79 Å². The highest BCUT2D eigenvalue weighted by molar-refractivity contribution is 5.85. The average Bonchev–Trinajstić information content (AvgIpc) is 2.52. The van der Waals surface area contributed by atoms with Gasteiger partial charge in [-0.3, -0.25) is 5.32 Å². The summed E-state index contributed by atoms with van der Waals surface area (Å²) in [5.74, 6) is 0.297. The summed E-state index contributed by atoms with van der Waals surface area (Å²) in [6.45, 7) is 7.71. The first-order valence-electron chi connectivity index (χ1n) is 8.31. The Morgan fingerprint density at radius 3 is 2.50 bits per heavy atom. The smallest absolute Gasteiger partial charge is 0.412 e. The van der Waals surface area contributed by atoms with E-state index in [0.717, 1.165) is 12.1 Å². The van der Waals surface area contributed by atoms with Crippen molar-refractivity contribution in [3.8, 4) is 0 Å². The minimum Gasteiger partial charge on any atom is -0.444 e. The van der Waals surface area contributed by atoms with Crippen LogP contribution in [-0.2, 0) is 11.2 Å². The second kappa shape index (κ2) is 8.00. The highest BCUT2D eigenvalue weighted by atomic mass is 16.6. The van der Waals surface area contributed by atoms with E-state index in [1.165, 1.54) is 11.1 Å². The Balaban J connectivity index is 1.95. The third-order valence-corrected chi connectivity index (χ3v) is 3.61. The van der Waals surface area contributed by atoms with Crippen molar-refractivity contribution in [3.63, 3.8) is 0 Å². The van der Waals surface area contributed by atoms with E-state index in [-0.39, 0.29) is 0 Å². The molecule has 1 atom stereocenters. The Labute approximate surface area is 145 Å². The number of hydrogen-bond donors (Lipinski definition) is 1. The molecule has 2 aromatic rings. The minimum atomic E-state index is -0.502. The van der Waals surface area contributed by atoms with Crippen molar-refractivity contribution in [1.82, 2.24) is 0 Å². The van der Waals surface area contributed by atoms with E-state index in [0.29, 0.717) is 5.92 Å². The number of carbonyl (C=O) groups excluding carboxylic acids is 1. The molecule has 1 N–H and O–H groups in total. The van der Waals surface area contributed by atoms with Crippen LogP contribution in [0.5, 0.6) is 0 Å². The third kappa shape index (κ3) is 6.07. The Kier molecular flexibility index (Phi) is 6.02. The number of anilines is 1. The molecule has 1 radical (unpaired) electrons. The molecule has 0 aliphatic rings. The van der Waals surface area contributed by atoms with E-state index >= 15 is 0 Å². The maximum Gasteiger partial charge on any atom is 0.412 e. The fourth-order valence-electron chi connectivity index (χ4n) is 2.38. The van der Waals surface area contributed by atoms with Crippen LogP contribution in [0.4, 0.5) is 10.5 Å². The predicted molar refractivity (Wildman–Crippen MR) is 99.2 cm³/mol. The normalized spacial score (nSPS) is 12.5. The van der Waals surface area contributed by atoms with Gasteiger partial charge in [-0.25, -0.2) is 4.79 Å². The first kappa shape index (κ1) is 18.1. The molecule has 2 aromatic carbocycles. The van der Waals surface area contributed by atoms with Gasteiger partial charge in [0.05, 0.1) is 0 Å². The summed E-state index contributed by atoms with van der Waals surface area (Å²) in [6, 6.07) is 18.3. The van der Waals surface area contributed by atoms with Crippen LogP contribution in [0.3, 0.4) is 0 Å². The molecule has 0 heterocycles. The van der Waals surface area contributed by atoms with Gasteiger partial charge in [0.15, 0.2) is 0 Å². The molecule has 0 saturated heterocycles. The first-order valence-corrected chi connectivity index (χ1v) is 8.31. The molecule has 2 rings (SSSR count). The highest BCUT2D eigenvalue weighted by Gasteiger charge is 2.16. The number of hydrogen-bond acceptors (Lipinski definition) is 2. The largest absolute Gasteiger partial charge is 0.444 e. The van der Waals surface area contributed by atoms with Crippen LogP contribution in [-0.4, -0.2) is 11.7 Å². The molecular formula is C21H26NO2. The summed E-state index contributed by atoms with van der Waals surface area (Å²) in [5.41, 5.74) is 2.71. The van der Waals surface area contributed by atoms with Crippen molar-refractivity contribution < 1.29 is 9.53 Å². The standard InChI is InChI=1S/C21H26NO2/c1-16(13-14-17-9-6-5-7-10-17)18-11-8-12-19(15-18)22-20(23)24-21(2,3)4/h5-13,15-16H,14H2,1-4H3,(H,22,23). The Morgan fingerprint density at radius 2 is 1.83 bits per heavy atom. The van der Waals surface area contributed by atoms with Gasteiger partial charge in [0.25, 0.3) is 0 Å². The molecule has 3 nitrogen and oxygen atoms in total. The maximum atomic E-state index is 11.9. The van der Waals surface area contributed by atoms with Gasteiger partial charge in [-0.15, -0.1) is 0 Å². The molecule has 127 valence electrons. The number of ether oxygens (including phenoxy) is 1. The van der Waals surface area contributed by atoms with E-state index < -0.39 is 11.7 Å². The number of amides is 1. The Morgan fingerprint density at radius 1 is 1.12 bits per heavy atom. The summed E-state index contributed by atoms with van der Waals surface area (Å²) in [4.78, 5) is 11.9. The molecule has 1 unspecified atom stereocenters. The fraction of sp³-hybridized carbons (Fsp3) is 0.333. The predicted octanol–water partition coefficient (Wildman–Crippen LogP) is 5.58. The Hall–Kier alpha value is -2.29. The van der Waals surface area contributed by atoms with Gasteiger partial charge in [0, 0.05) is 5.69 Å². The van der Waals surface area contributed by atoms with Crippen LogP contribution in [0.25, 0.3) is 0 Å². The monoisotopic (exact) mass is 324 g/mol. The van der Waals surface area contributed by atoms with E-state index in [4.69, 9.17) is 4.74 Å². The van der Waals surface area contributed by atoms with Gasteiger partial charge in [0.1, 0.15) is 5.60 Å². The number of carbonyl (C=O) groups is 1. The van der Waals surface area contributed by atoms with Crippen LogP contribution >= 0.6 is 0 Å². The lowest BCUT2D eigenvalue weighted by molar-refractivity contribution is 0.0636. The van der Waals surface area contributed by atoms with Crippen LogP contribution in [0.1, 0.15) is 44.7 Å². The summed E-state index contributed by atoms with van der Waals surface area (Å²) in [5, 5.41) is 2.79. The molecule has 0 saturated carbocycles. The molecule has 0 spiro atoms. The van der Waals surface area contributed by atoms with Gasteiger partial charge in [-0.2, -0.15) is 0 Å². The molecule has 0 aromatic heterocycles. The fourth-order valence-corrected chi connectivity index (χ4v) is 2.38. The van der Waals surface area contributed by atoms with Gasteiger partial charge < -0.3 is 4.74 Å². The summed E-state index contributed by atoms with van der Waals surface area (Å²) >= 11 is 0. The lowest BCUT2D eigenvalue weighted by Gasteiger charge is -2.20. The molecule has 0 fully saturated rings. The van der Waals surface area contributed by atoms with Crippen molar-refractivity contribution in [3.05, 3.63) is 72.1 Å². The summed E-state index contributed by atoms with van der Waals surface area (Å²) in [7, 11) is 0. The zero-order valence-electron chi connectivity index (χ0n) is 14.9. The molecule has 3 heteroatoms. The maximum absolute atomic E-state index is 11.9. The number of benzene rings is 2. The van der Waals surface area contributed by atoms with E-state index in [2.05, 4.69) is 49.0 Å². The van der Waals surface area contributed by atoms with Crippen molar-refractivity contribution >= 4 is 11.8 Å². The zero-order valence-corrected chi connectivity index (χ0v) is 14.9. The molecule has 0 aliphatic carbocycles. The van der Waals surface area contributed by atoms with Crippen molar-refractivity contribution in [2.75, 3.05) is 5.32 Å². The second-order valence-electron chi connectivity index (χ2n) is 6.97. The second-order valence-corrected chi connectivity index (χ2v) is 6.97. The van der Waals surface area contributed by atoms with Crippen LogP contribution in [0.15, 0.2) is 54.6 Å².